The number of carbonyl (C=O) groups is 2. The molecule has 1 heterocycles. The molecule has 0 saturated carbocycles. The molecule has 1 aromatic rings. The van der Waals surface area contributed by atoms with E-state index in [9.17, 15) is 24.9 Å². The number of benzene rings is 1. The lowest BCUT2D eigenvalue weighted by Crippen LogP contribution is -2.28. The van der Waals surface area contributed by atoms with E-state index in [0.29, 0.717) is 37.7 Å². The van der Waals surface area contributed by atoms with Gasteiger partial charge in [0.25, 0.3) is 0 Å². The molecule has 3 N–H and O–H groups in total. The largest absolute Gasteiger partial charge is 0.481 e. The van der Waals surface area contributed by atoms with E-state index in [-0.39, 0.29) is 19.3 Å². The van der Waals surface area contributed by atoms with E-state index in [1.54, 1.807) is 0 Å². The van der Waals surface area contributed by atoms with Crippen molar-refractivity contribution in [3.63, 3.8) is 0 Å². The molecule has 1 aliphatic rings. The molecule has 196 valence electrons. The second kappa shape index (κ2) is 15.9. The van der Waals surface area contributed by atoms with Gasteiger partial charge in [0.15, 0.2) is 0 Å². The predicted octanol–water partition coefficient (Wildman–Crippen LogP) is 5.46. The molecule has 36 heavy (non-hydrogen) atoms. The predicted molar refractivity (Wildman–Crippen MR) is 141 cm³/mol. The molecule has 6 nitrogen and oxygen atoms in total. The number of hydrogen-bond acceptors (Lipinski definition) is 5. The molecule has 0 aliphatic carbocycles. The van der Waals surface area contributed by atoms with Crippen LogP contribution >= 0.6 is 0 Å². The van der Waals surface area contributed by atoms with Crippen LogP contribution in [0.3, 0.4) is 0 Å². The van der Waals surface area contributed by atoms with E-state index < -0.39 is 30.3 Å². The van der Waals surface area contributed by atoms with Crippen LogP contribution in [0.15, 0.2) is 77.4 Å². The molecule has 0 unspecified atom stereocenters. The third-order valence-corrected chi connectivity index (χ3v) is 6.16. The van der Waals surface area contributed by atoms with Crippen LogP contribution in [-0.4, -0.2) is 45.6 Å². The molecular weight excluding hydrogens is 456 g/mol. The summed E-state index contributed by atoms with van der Waals surface area (Å²) in [4.78, 5) is 23.8. The van der Waals surface area contributed by atoms with E-state index in [4.69, 9.17) is 4.74 Å². The zero-order valence-electron chi connectivity index (χ0n) is 21.4. The van der Waals surface area contributed by atoms with Crippen LogP contribution in [0.5, 0.6) is 0 Å². The van der Waals surface area contributed by atoms with Crippen LogP contribution in [-0.2, 0) is 20.7 Å². The fraction of sp³-hybridized carbons (Fsp3) is 0.467. The summed E-state index contributed by atoms with van der Waals surface area (Å²) in [6, 6.07) is 10.2. The Morgan fingerprint density at radius 1 is 1.22 bits per heavy atom. The van der Waals surface area contributed by atoms with Crippen LogP contribution in [0.2, 0.25) is 0 Å². The summed E-state index contributed by atoms with van der Waals surface area (Å²) in [5, 5.41) is 30.5. The van der Waals surface area contributed by atoms with Crippen LogP contribution in [0, 0.1) is 0 Å². The smallest absolute Gasteiger partial charge is 0.331 e. The average Bonchev–Trinajstić information content (AvgIpc) is 2.80. The minimum absolute atomic E-state index is 0.203. The van der Waals surface area contributed by atoms with Crippen molar-refractivity contribution < 1.29 is 29.6 Å². The molecule has 0 spiro atoms. The molecule has 0 aromatic heterocycles. The second-order valence-corrected chi connectivity index (χ2v) is 9.66. The molecule has 1 aliphatic heterocycles. The minimum atomic E-state index is -1.02. The number of carboxylic acids is 1. The lowest BCUT2D eigenvalue weighted by atomic mass is 9.97. The van der Waals surface area contributed by atoms with Crippen molar-refractivity contribution in [2.75, 3.05) is 0 Å². The minimum Gasteiger partial charge on any atom is -0.481 e. The molecular formula is C30H40O6. The molecule has 0 radical (unpaired) electrons. The van der Waals surface area contributed by atoms with Gasteiger partial charge in [0.2, 0.25) is 0 Å². The zero-order chi connectivity index (χ0) is 26.3. The number of aliphatic hydroxyl groups excluding tert-OH is 2. The van der Waals surface area contributed by atoms with Gasteiger partial charge < -0.3 is 20.1 Å². The number of hydrogen-bond donors (Lipinski definition) is 3. The van der Waals surface area contributed by atoms with Crippen LogP contribution in [0.1, 0.15) is 70.8 Å². The van der Waals surface area contributed by atoms with Crippen molar-refractivity contribution in [2.45, 2.75) is 89.9 Å². The monoisotopic (exact) mass is 496 g/mol. The van der Waals surface area contributed by atoms with Crippen LogP contribution in [0.25, 0.3) is 0 Å². The number of aliphatic hydroxyl groups is 2. The maximum Gasteiger partial charge on any atom is 0.331 e. The van der Waals surface area contributed by atoms with Crippen LogP contribution < -0.4 is 0 Å². The van der Waals surface area contributed by atoms with E-state index in [0.717, 1.165) is 12.0 Å². The molecule has 3 atom stereocenters. The molecule has 2 rings (SSSR count). The fourth-order valence-electron chi connectivity index (χ4n) is 4.20. The van der Waals surface area contributed by atoms with Crippen molar-refractivity contribution in [2.24, 2.45) is 0 Å². The molecule has 1 aromatic carbocycles. The fourth-order valence-corrected chi connectivity index (χ4v) is 4.20. The van der Waals surface area contributed by atoms with Gasteiger partial charge in [-0.25, -0.2) is 4.79 Å². The van der Waals surface area contributed by atoms with Crippen molar-refractivity contribution in [1.82, 2.24) is 0 Å². The van der Waals surface area contributed by atoms with Gasteiger partial charge in [-0.05, 0) is 63.5 Å². The standard InChI is InChI=1S/C30H40O6/c1-22(13-15-24-10-6-4-7-11-24)14-16-26(31)20-28-21-27(32)17-23(2)9-5-3-8-12-25(18-29(33)34)19-30(35)36-28/h3-4,6-11,13,19,26-28,31-32H,5,12,14-18,20-21H2,1-2H3,(H,33,34)/b8-3-,22-13+,23-9-,25-19+/t26-,27-,28+/m1/s1. The Balaban J connectivity index is 2.03. The van der Waals surface area contributed by atoms with Gasteiger partial charge in [-0.15, -0.1) is 0 Å². The average molecular weight is 497 g/mol. The van der Waals surface area contributed by atoms with E-state index >= 15 is 0 Å². The highest BCUT2D eigenvalue weighted by Crippen LogP contribution is 2.20. The van der Waals surface area contributed by atoms with Gasteiger partial charge in [0.1, 0.15) is 6.10 Å². The van der Waals surface area contributed by atoms with Crippen LogP contribution in [0.4, 0.5) is 0 Å². The summed E-state index contributed by atoms with van der Waals surface area (Å²) < 4.78 is 5.61. The lowest BCUT2D eigenvalue weighted by Gasteiger charge is -2.23. The van der Waals surface area contributed by atoms with Gasteiger partial charge in [-0.1, -0.05) is 65.8 Å². The van der Waals surface area contributed by atoms with E-state index in [1.807, 2.05) is 50.3 Å². The Labute approximate surface area is 214 Å². The number of esters is 1. The zero-order valence-corrected chi connectivity index (χ0v) is 21.4. The number of carbonyl (C=O) groups excluding carboxylic acids is 1. The molecule has 0 saturated heterocycles. The summed E-state index contributed by atoms with van der Waals surface area (Å²) in [7, 11) is 0. The second-order valence-electron chi connectivity index (χ2n) is 9.66. The Hall–Kier alpha value is -2.96. The first-order valence-electron chi connectivity index (χ1n) is 12.7. The SMILES string of the molecule is C/C1=C/C/C=C\C/C(CC(=O)O)=C\C(=O)O[C@@H](C[C@H](O)CC/C(C)=C/Cc2ccccc2)C[C@H](O)C1. The highest BCUT2D eigenvalue weighted by atomic mass is 16.5. The lowest BCUT2D eigenvalue weighted by molar-refractivity contribution is -0.146. The van der Waals surface area contributed by atoms with E-state index in [2.05, 4.69) is 18.2 Å². The normalized spacial score (nSPS) is 24.9. The summed E-state index contributed by atoms with van der Waals surface area (Å²) >= 11 is 0. The van der Waals surface area contributed by atoms with Gasteiger partial charge in [-0.3, -0.25) is 4.79 Å². The van der Waals surface area contributed by atoms with Crippen molar-refractivity contribution in [3.8, 4) is 0 Å². The first-order chi connectivity index (χ1) is 17.2. The first kappa shape index (κ1) is 29.3. The Bertz CT molecular complexity index is 957. The molecule has 0 amide bonds. The highest BCUT2D eigenvalue weighted by molar-refractivity contribution is 5.84. The van der Waals surface area contributed by atoms with E-state index in [1.165, 1.54) is 17.2 Å². The van der Waals surface area contributed by atoms with Gasteiger partial charge in [-0.2, -0.15) is 0 Å². The first-order valence-corrected chi connectivity index (χ1v) is 12.7. The number of rotatable bonds is 9. The van der Waals surface area contributed by atoms with Gasteiger partial charge in [0.05, 0.1) is 18.6 Å². The number of ether oxygens (including phenoxy) is 1. The molecule has 0 fully saturated rings. The Kier molecular flexibility index (Phi) is 12.9. The number of aliphatic carboxylic acids is 1. The highest BCUT2D eigenvalue weighted by Gasteiger charge is 2.22. The van der Waals surface area contributed by atoms with Gasteiger partial charge in [0, 0.05) is 18.9 Å². The Morgan fingerprint density at radius 2 is 1.97 bits per heavy atom. The summed E-state index contributed by atoms with van der Waals surface area (Å²) in [6.45, 7) is 3.98. The summed E-state index contributed by atoms with van der Waals surface area (Å²) in [5.41, 5.74) is 3.88. The Morgan fingerprint density at radius 3 is 2.69 bits per heavy atom. The summed E-state index contributed by atoms with van der Waals surface area (Å²) in [5.74, 6) is -1.66. The third kappa shape index (κ3) is 12.7. The quantitative estimate of drug-likeness (QED) is 0.310. The molecule has 0 bridgehead atoms. The molecule has 6 heteroatoms. The maximum atomic E-state index is 12.6. The van der Waals surface area contributed by atoms with Crippen molar-refractivity contribution >= 4 is 11.9 Å². The third-order valence-electron chi connectivity index (χ3n) is 6.16. The van der Waals surface area contributed by atoms with Crippen molar-refractivity contribution in [3.05, 3.63) is 83.0 Å². The number of carboxylic acid groups (broad SMARTS) is 1. The van der Waals surface area contributed by atoms with Crippen molar-refractivity contribution in [1.29, 1.82) is 0 Å². The number of cyclic esters (lactones) is 1. The van der Waals surface area contributed by atoms with Gasteiger partial charge >= 0.3 is 11.9 Å². The summed E-state index contributed by atoms with van der Waals surface area (Å²) in [6.07, 6.45) is 10.8. The topological polar surface area (TPSA) is 104 Å². The number of allylic oxidation sites excluding steroid dienone is 5. The maximum absolute atomic E-state index is 12.6.